The van der Waals surface area contributed by atoms with Crippen LogP contribution in [0.5, 0.6) is 0 Å². The van der Waals surface area contributed by atoms with Gasteiger partial charge in [0.1, 0.15) is 5.57 Å². The lowest BCUT2D eigenvalue weighted by atomic mass is 10.1. The number of hydrogen-bond acceptors (Lipinski definition) is 3. The molecule has 134 valence electrons. The van der Waals surface area contributed by atoms with Gasteiger partial charge in [-0.15, -0.1) is 6.58 Å². The normalized spacial score (nSPS) is 17.7. The van der Waals surface area contributed by atoms with Crippen molar-refractivity contribution in [3.05, 3.63) is 54.3 Å². The second-order valence-electron chi connectivity index (χ2n) is 6.29. The smallest absolute Gasteiger partial charge is 0.265 e. The average molecular weight is 367 g/mol. The van der Waals surface area contributed by atoms with E-state index in [4.69, 9.17) is 12.2 Å². The van der Waals surface area contributed by atoms with Crippen LogP contribution in [0.15, 0.2) is 48.7 Å². The molecule has 1 aliphatic heterocycles. The van der Waals surface area contributed by atoms with Crippen LogP contribution in [0.25, 0.3) is 17.0 Å². The van der Waals surface area contributed by atoms with Gasteiger partial charge in [-0.05, 0) is 37.7 Å². The molecule has 0 bridgehead atoms. The predicted octanol–water partition coefficient (Wildman–Crippen LogP) is 3.43. The lowest BCUT2D eigenvalue weighted by Crippen LogP contribution is -2.53. The van der Waals surface area contributed by atoms with Crippen molar-refractivity contribution < 1.29 is 9.59 Å². The van der Waals surface area contributed by atoms with Gasteiger partial charge >= 0.3 is 0 Å². The van der Waals surface area contributed by atoms with E-state index in [-0.39, 0.29) is 17.2 Å². The van der Waals surface area contributed by atoms with Crippen molar-refractivity contribution in [1.82, 2.24) is 14.8 Å². The molecule has 2 heterocycles. The molecule has 2 amide bonds. The first-order valence-corrected chi connectivity index (χ1v) is 8.98. The Balaban J connectivity index is 2.11. The Morgan fingerprint density at radius 2 is 2.04 bits per heavy atom. The summed E-state index contributed by atoms with van der Waals surface area (Å²) in [4.78, 5) is 26.4. The first-order valence-electron chi connectivity index (χ1n) is 8.57. The first kappa shape index (κ1) is 18.1. The molecule has 1 fully saturated rings. The van der Waals surface area contributed by atoms with Crippen molar-refractivity contribution >= 4 is 46.1 Å². The van der Waals surface area contributed by atoms with Crippen LogP contribution in [0.2, 0.25) is 0 Å². The number of fused-ring (bicyclic) bond motifs is 1. The average Bonchev–Trinajstić information content (AvgIpc) is 3.00. The highest BCUT2D eigenvalue weighted by atomic mass is 32.1. The number of carbonyl (C=O) groups is 2. The number of para-hydroxylation sites is 1. The summed E-state index contributed by atoms with van der Waals surface area (Å²) in [5.74, 6) is -0.875. The monoisotopic (exact) mass is 367 g/mol. The molecule has 1 saturated heterocycles. The maximum atomic E-state index is 12.7. The van der Waals surface area contributed by atoms with Gasteiger partial charge in [0, 0.05) is 35.2 Å². The van der Waals surface area contributed by atoms with Gasteiger partial charge in [-0.2, -0.15) is 0 Å². The molecule has 1 aromatic heterocycles. The Bertz CT molecular complexity index is 942. The van der Waals surface area contributed by atoms with Crippen LogP contribution in [0, 0.1) is 0 Å². The number of hydrogen-bond donors (Lipinski definition) is 1. The van der Waals surface area contributed by atoms with Gasteiger partial charge in [0.2, 0.25) is 0 Å². The van der Waals surface area contributed by atoms with Crippen LogP contribution in [-0.2, 0) is 9.59 Å². The minimum absolute atomic E-state index is 0.0764. The Labute approximate surface area is 158 Å². The second kappa shape index (κ2) is 7.25. The van der Waals surface area contributed by atoms with Crippen LogP contribution in [0.4, 0.5) is 0 Å². The van der Waals surface area contributed by atoms with Crippen LogP contribution in [-0.4, -0.2) is 32.9 Å². The fraction of sp³-hybridized carbons (Fsp3) is 0.250. The van der Waals surface area contributed by atoms with Crippen molar-refractivity contribution in [2.75, 3.05) is 6.54 Å². The quantitative estimate of drug-likeness (QED) is 0.381. The Morgan fingerprint density at radius 1 is 1.31 bits per heavy atom. The lowest BCUT2D eigenvalue weighted by Gasteiger charge is -2.27. The van der Waals surface area contributed by atoms with E-state index in [2.05, 4.69) is 30.3 Å². The number of amides is 2. The Kier molecular flexibility index (Phi) is 5.04. The molecule has 5 nitrogen and oxygen atoms in total. The summed E-state index contributed by atoms with van der Waals surface area (Å²) in [6.07, 6.45) is 6.21. The molecule has 1 atom stereocenters. The van der Waals surface area contributed by atoms with Gasteiger partial charge in [-0.1, -0.05) is 31.2 Å². The molecular formula is C20H21N3O2S. The van der Waals surface area contributed by atoms with Gasteiger partial charge in [-0.3, -0.25) is 19.8 Å². The van der Waals surface area contributed by atoms with E-state index >= 15 is 0 Å². The highest BCUT2D eigenvalue weighted by Gasteiger charge is 2.32. The molecule has 1 aliphatic rings. The fourth-order valence-corrected chi connectivity index (χ4v) is 3.30. The SMILES string of the molecule is C=CCN1C(=O)/C(=C\c2cn([C@@H](C)CC)c3ccccc23)C(=O)NC1=S. The standard InChI is InChI=1S/C20H21N3O2S/c1-4-10-22-19(25)16(18(24)21-20(22)26)11-14-12-23(13(3)5-2)17-9-7-6-8-15(14)17/h4,6-9,11-13H,1,5,10H2,2-3H3,(H,21,24,26)/b16-11-/t13-/m0/s1. The van der Waals surface area contributed by atoms with E-state index in [1.54, 1.807) is 12.2 Å². The van der Waals surface area contributed by atoms with E-state index in [9.17, 15) is 9.59 Å². The molecule has 2 aromatic rings. The minimum atomic E-state index is -0.472. The second-order valence-corrected chi connectivity index (χ2v) is 6.67. The zero-order chi connectivity index (χ0) is 18.8. The van der Waals surface area contributed by atoms with Crippen molar-refractivity contribution in [2.45, 2.75) is 26.3 Å². The van der Waals surface area contributed by atoms with E-state index in [1.165, 1.54) is 4.90 Å². The summed E-state index contributed by atoms with van der Waals surface area (Å²) in [5, 5.41) is 3.69. The zero-order valence-electron chi connectivity index (χ0n) is 14.9. The van der Waals surface area contributed by atoms with Crippen LogP contribution < -0.4 is 5.32 Å². The number of thiocarbonyl (C=S) groups is 1. The predicted molar refractivity (Wildman–Crippen MR) is 108 cm³/mol. The third-order valence-electron chi connectivity index (χ3n) is 4.63. The highest BCUT2D eigenvalue weighted by Crippen LogP contribution is 2.28. The topological polar surface area (TPSA) is 54.3 Å². The lowest BCUT2D eigenvalue weighted by molar-refractivity contribution is -0.128. The van der Waals surface area contributed by atoms with E-state index < -0.39 is 11.8 Å². The van der Waals surface area contributed by atoms with Crippen molar-refractivity contribution in [3.63, 3.8) is 0 Å². The number of aromatic nitrogens is 1. The molecule has 0 aliphatic carbocycles. The summed E-state index contributed by atoms with van der Waals surface area (Å²) in [6, 6.07) is 8.30. The van der Waals surface area contributed by atoms with Gasteiger partial charge in [0.15, 0.2) is 5.11 Å². The van der Waals surface area contributed by atoms with Crippen LogP contribution in [0.1, 0.15) is 31.9 Å². The summed E-state index contributed by atoms with van der Waals surface area (Å²) < 4.78 is 2.18. The van der Waals surface area contributed by atoms with Gasteiger partial charge in [0.25, 0.3) is 11.8 Å². The number of carbonyl (C=O) groups excluding carboxylic acids is 2. The van der Waals surface area contributed by atoms with Crippen LogP contribution in [0.3, 0.4) is 0 Å². The molecule has 0 radical (unpaired) electrons. The van der Waals surface area contributed by atoms with Crippen LogP contribution >= 0.6 is 12.2 Å². The Hall–Kier alpha value is -2.73. The molecule has 0 unspecified atom stereocenters. The van der Waals surface area contributed by atoms with Crippen molar-refractivity contribution in [1.29, 1.82) is 0 Å². The molecule has 1 aromatic carbocycles. The van der Waals surface area contributed by atoms with E-state index in [0.29, 0.717) is 6.04 Å². The number of rotatable bonds is 5. The summed E-state index contributed by atoms with van der Waals surface area (Å²) >= 11 is 5.09. The maximum Gasteiger partial charge on any atom is 0.265 e. The van der Waals surface area contributed by atoms with Gasteiger partial charge in [-0.25, -0.2) is 0 Å². The molecular weight excluding hydrogens is 346 g/mol. The number of benzene rings is 1. The zero-order valence-corrected chi connectivity index (χ0v) is 15.7. The third-order valence-corrected chi connectivity index (χ3v) is 4.96. The Morgan fingerprint density at radius 3 is 2.73 bits per heavy atom. The maximum absolute atomic E-state index is 12.7. The molecule has 0 spiro atoms. The molecule has 0 saturated carbocycles. The minimum Gasteiger partial charge on any atom is -0.344 e. The molecule has 6 heteroatoms. The highest BCUT2D eigenvalue weighted by molar-refractivity contribution is 7.80. The van der Waals surface area contributed by atoms with Crippen molar-refractivity contribution in [2.24, 2.45) is 0 Å². The van der Waals surface area contributed by atoms with Gasteiger partial charge < -0.3 is 4.57 Å². The van der Waals surface area contributed by atoms with Gasteiger partial charge in [0.05, 0.1) is 0 Å². The summed E-state index contributed by atoms with van der Waals surface area (Å²) in [6.45, 7) is 8.16. The largest absolute Gasteiger partial charge is 0.344 e. The molecule has 1 N–H and O–H groups in total. The summed E-state index contributed by atoms with van der Waals surface area (Å²) in [7, 11) is 0. The fourth-order valence-electron chi connectivity index (χ4n) is 3.05. The molecule has 3 rings (SSSR count). The summed E-state index contributed by atoms with van der Waals surface area (Å²) in [5.41, 5.74) is 1.99. The number of nitrogens with one attached hydrogen (secondary N) is 1. The van der Waals surface area contributed by atoms with E-state index in [1.807, 2.05) is 30.5 Å². The third kappa shape index (κ3) is 3.08. The first-order chi connectivity index (χ1) is 12.5. The van der Waals surface area contributed by atoms with Crippen molar-refractivity contribution in [3.8, 4) is 0 Å². The molecule has 26 heavy (non-hydrogen) atoms. The number of nitrogens with zero attached hydrogens (tertiary/aromatic N) is 2. The van der Waals surface area contributed by atoms with E-state index in [0.717, 1.165) is 22.9 Å².